The molecular formula is C19H26N2O2. The van der Waals surface area contributed by atoms with Crippen molar-refractivity contribution >= 4 is 5.91 Å². The zero-order valence-electron chi connectivity index (χ0n) is 14.4. The second-order valence-electron chi connectivity index (χ2n) is 6.23. The Hall–Kier alpha value is -2.07. The van der Waals surface area contributed by atoms with E-state index in [9.17, 15) is 4.79 Å². The van der Waals surface area contributed by atoms with Crippen LogP contribution < -0.4 is 5.32 Å². The van der Waals surface area contributed by atoms with Crippen molar-refractivity contribution in [2.45, 2.75) is 32.7 Å². The van der Waals surface area contributed by atoms with Crippen LogP contribution in [0.3, 0.4) is 0 Å². The summed E-state index contributed by atoms with van der Waals surface area (Å²) in [7, 11) is 3.96. The minimum atomic E-state index is 0.0510. The molecular weight excluding hydrogens is 288 g/mol. The second-order valence-corrected chi connectivity index (χ2v) is 6.23. The fraction of sp³-hybridized carbons (Fsp3) is 0.421. The highest BCUT2D eigenvalue weighted by Crippen LogP contribution is 2.17. The molecule has 1 heterocycles. The molecule has 0 saturated carbocycles. The Balaban J connectivity index is 1.84. The summed E-state index contributed by atoms with van der Waals surface area (Å²) in [4.78, 5) is 14.2. The summed E-state index contributed by atoms with van der Waals surface area (Å²) in [5.74, 6) is 0.938. The topological polar surface area (TPSA) is 45.5 Å². The van der Waals surface area contributed by atoms with Crippen LogP contribution in [0.15, 0.2) is 41.0 Å². The van der Waals surface area contributed by atoms with Gasteiger partial charge in [-0.05, 0) is 57.6 Å². The number of furan rings is 1. The van der Waals surface area contributed by atoms with E-state index in [2.05, 4.69) is 37.4 Å². The van der Waals surface area contributed by atoms with Crippen molar-refractivity contribution in [2.24, 2.45) is 0 Å². The van der Waals surface area contributed by atoms with Crippen molar-refractivity contribution in [3.8, 4) is 0 Å². The zero-order valence-corrected chi connectivity index (χ0v) is 14.4. The lowest BCUT2D eigenvalue weighted by molar-refractivity contribution is -0.121. The van der Waals surface area contributed by atoms with E-state index in [1.165, 1.54) is 16.7 Å². The van der Waals surface area contributed by atoms with Crippen molar-refractivity contribution in [2.75, 3.05) is 20.6 Å². The molecule has 23 heavy (non-hydrogen) atoms. The molecule has 2 rings (SSSR count). The van der Waals surface area contributed by atoms with Gasteiger partial charge in [-0.1, -0.05) is 23.8 Å². The van der Waals surface area contributed by atoms with Gasteiger partial charge in [-0.15, -0.1) is 0 Å². The molecule has 0 radical (unpaired) electrons. The summed E-state index contributed by atoms with van der Waals surface area (Å²) in [5.41, 5.74) is 3.74. The van der Waals surface area contributed by atoms with Crippen LogP contribution in [0, 0.1) is 13.8 Å². The minimum absolute atomic E-state index is 0.0510. The molecule has 1 amide bonds. The molecule has 1 N–H and O–H groups in total. The van der Waals surface area contributed by atoms with Crippen LogP contribution in [0.25, 0.3) is 0 Å². The molecule has 4 heteroatoms. The predicted octanol–water partition coefficient (Wildman–Crippen LogP) is 3.25. The van der Waals surface area contributed by atoms with Crippen molar-refractivity contribution in [1.29, 1.82) is 0 Å². The summed E-state index contributed by atoms with van der Waals surface area (Å²) in [6, 6.07) is 10.2. The number of nitrogens with zero attached hydrogens (tertiary/aromatic N) is 1. The Bertz CT molecular complexity index is 633. The number of carbonyl (C=O) groups is 1. The van der Waals surface area contributed by atoms with E-state index >= 15 is 0 Å². The number of benzene rings is 1. The zero-order chi connectivity index (χ0) is 16.8. The number of aryl methyl sites for hydroxylation is 3. The third-order valence-electron chi connectivity index (χ3n) is 4.11. The molecule has 0 fully saturated rings. The third-order valence-corrected chi connectivity index (χ3v) is 4.11. The molecule has 1 atom stereocenters. The van der Waals surface area contributed by atoms with Crippen LogP contribution in [0.5, 0.6) is 0 Å². The van der Waals surface area contributed by atoms with Gasteiger partial charge in [0.2, 0.25) is 5.91 Å². The maximum atomic E-state index is 12.1. The average molecular weight is 314 g/mol. The van der Waals surface area contributed by atoms with Gasteiger partial charge >= 0.3 is 0 Å². The Morgan fingerprint density at radius 1 is 1.26 bits per heavy atom. The van der Waals surface area contributed by atoms with Gasteiger partial charge in [-0.25, -0.2) is 0 Å². The summed E-state index contributed by atoms with van der Waals surface area (Å²) in [6.07, 6.45) is 2.93. The van der Waals surface area contributed by atoms with Crippen molar-refractivity contribution in [3.05, 3.63) is 59.0 Å². The van der Waals surface area contributed by atoms with E-state index in [0.29, 0.717) is 13.0 Å². The van der Waals surface area contributed by atoms with Gasteiger partial charge in [0.1, 0.15) is 5.76 Å². The molecule has 0 aliphatic heterocycles. The SMILES string of the molecule is Cc1ccc(CCC(=O)NCC(c2ccco2)N(C)C)c(C)c1. The van der Waals surface area contributed by atoms with Crippen LogP contribution in [-0.2, 0) is 11.2 Å². The number of hydrogen-bond donors (Lipinski definition) is 1. The summed E-state index contributed by atoms with van der Waals surface area (Å²) in [6.45, 7) is 4.73. The largest absolute Gasteiger partial charge is 0.468 e. The Labute approximate surface area is 138 Å². The number of hydrogen-bond acceptors (Lipinski definition) is 3. The molecule has 0 spiro atoms. The van der Waals surface area contributed by atoms with E-state index in [0.717, 1.165) is 12.2 Å². The molecule has 1 aromatic heterocycles. The van der Waals surface area contributed by atoms with E-state index < -0.39 is 0 Å². The van der Waals surface area contributed by atoms with Crippen LogP contribution in [-0.4, -0.2) is 31.4 Å². The standard InChI is InChI=1S/C19H26N2O2/c1-14-7-8-16(15(2)12-14)9-10-19(22)20-13-17(21(3)4)18-6-5-11-23-18/h5-8,11-12,17H,9-10,13H2,1-4H3,(H,20,22). The molecule has 0 aliphatic rings. The monoisotopic (exact) mass is 314 g/mol. The summed E-state index contributed by atoms with van der Waals surface area (Å²) >= 11 is 0. The highest BCUT2D eigenvalue weighted by atomic mass is 16.3. The molecule has 4 nitrogen and oxygen atoms in total. The molecule has 0 aliphatic carbocycles. The van der Waals surface area contributed by atoms with Crippen molar-refractivity contribution < 1.29 is 9.21 Å². The number of amides is 1. The average Bonchev–Trinajstić information content (AvgIpc) is 3.00. The first-order chi connectivity index (χ1) is 11.0. The van der Waals surface area contributed by atoms with Gasteiger partial charge in [0.25, 0.3) is 0 Å². The maximum absolute atomic E-state index is 12.1. The first-order valence-electron chi connectivity index (χ1n) is 8.00. The Morgan fingerprint density at radius 2 is 2.04 bits per heavy atom. The maximum Gasteiger partial charge on any atom is 0.220 e. The lowest BCUT2D eigenvalue weighted by atomic mass is 10.0. The van der Waals surface area contributed by atoms with Crippen LogP contribution in [0.4, 0.5) is 0 Å². The molecule has 0 saturated heterocycles. The van der Waals surface area contributed by atoms with Gasteiger partial charge < -0.3 is 9.73 Å². The number of likely N-dealkylation sites (N-methyl/N-ethyl adjacent to an activating group) is 1. The molecule has 2 aromatic rings. The highest BCUT2D eigenvalue weighted by molar-refractivity contribution is 5.76. The molecule has 124 valence electrons. The van der Waals surface area contributed by atoms with E-state index in [1.54, 1.807) is 6.26 Å². The van der Waals surface area contributed by atoms with Crippen LogP contribution in [0.1, 0.15) is 34.9 Å². The first-order valence-corrected chi connectivity index (χ1v) is 8.00. The third kappa shape index (κ3) is 4.96. The van der Waals surface area contributed by atoms with Crippen molar-refractivity contribution in [3.63, 3.8) is 0 Å². The quantitative estimate of drug-likeness (QED) is 0.853. The lowest BCUT2D eigenvalue weighted by Gasteiger charge is -2.22. The van der Waals surface area contributed by atoms with E-state index in [4.69, 9.17) is 4.42 Å². The Morgan fingerprint density at radius 3 is 2.65 bits per heavy atom. The molecule has 0 bridgehead atoms. The van der Waals surface area contributed by atoms with Gasteiger partial charge in [-0.2, -0.15) is 0 Å². The van der Waals surface area contributed by atoms with Crippen molar-refractivity contribution in [1.82, 2.24) is 10.2 Å². The Kier molecular flexibility index (Phi) is 5.99. The van der Waals surface area contributed by atoms with E-state index in [1.807, 2.05) is 31.1 Å². The molecule has 1 unspecified atom stereocenters. The fourth-order valence-corrected chi connectivity index (χ4v) is 2.69. The van der Waals surface area contributed by atoms with Gasteiger partial charge in [0.15, 0.2) is 0 Å². The second kappa shape index (κ2) is 7.97. The van der Waals surface area contributed by atoms with E-state index in [-0.39, 0.29) is 11.9 Å². The van der Waals surface area contributed by atoms with Gasteiger partial charge in [-0.3, -0.25) is 9.69 Å². The number of nitrogens with one attached hydrogen (secondary N) is 1. The summed E-state index contributed by atoms with van der Waals surface area (Å²) < 4.78 is 5.45. The van der Waals surface area contributed by atoms with Crippen LogP contribution >= 0.6 is 0 Å². The van der Waals surface area contributed by atoms with Crippen LogP contribution in [0.2, 0.25) is 0 Å². The highest BCUT2D eigenvalue weighted by Gasteiger charge is 2.17. The normalized spacial score (nSPS) is 12.4. The fourth-order valence-electron chi connectivity index (χ4n) is 2.69. The number of rotatable bonds is 7. The number of carbonyl (C=O) groups excluding carboxylic acids is 1. The van der Waals surface area contributed by atoms with Gasteiger partial charge in [0, 0.05) is 13.0 Å². The minimum Gasteiger partial charge on any atom is -0.468 e. The summed E-state index contributed by atoms with van der Waals surface area (Å²) in [5, 5.41) is 3.01. The first kappa shape index (κ1) is 17.3. The smallest absolute Gasteiger partial charge is 0.220 e. The lowest BCUT2D eigenvalue weighted by Crippen LogP contribution is -2.34. The molecule has 1 aromatic carbocycles. The predicted molar refractivity (Wildman–Crippen MR) is 92.4 cm³/mol. The van der Waals surface area contributed by atoms with Gasteiger partial charge in [0.05, 0.1) is 12.3 Å².